The number of aliphatic hydroxyl groups is 1. The lowest BCUT2D eigenvalue weighted by atomic mass is 10.2. The van der Waals surface area contributed by atoms with E-state index in [-0.39, 0.29) is 23.5 Å². The van der Waals surface area contributed by atoms with Gasteiger partial charge in [-0.25, -0.2) is 13.9 Å². The highest BCUT2D eigenvalue weighted by Gasteiger charge is 2.39. The Balaban J connectivity index is 1.68. The molecule has 0 saturated carbocycles. The summed E-state index contributed by atoms with van der Waals surface area (Å²) in [6, 6.07) is 0. The second kappa shape index (κ2) is 9.02. The molecule has 1 saturated heterocycles. The van der Waals surface area contributed by atoms with Gasteiger partial charge in [-0.1, -0.05) is 0 Å². The number of hydrogen-bond acceptors (Lipinski definition) is 15. The summed E-state index contributed by atoms with van der Waals surface area (Å²) < 4.78 is 51.1. The molecule has 0 amide bonds. The smallest absolute Gasteiger partial charge is 0.478 e. The van der Waals surface area contributed by atoms with Crippen molar-refractivity contribution in [3.63, 3.8) is 0 Å². The van der Waals surface area contributed by atoms with Crippen molar-refractivity contribution in [2.45, 2.75) is 24.9 Å². The van der Waals surface area contributed by atoms with Crippen molar-refractivity contribution in [1.82, 2.24) is 19.5 Å². The lowest BCUT2D eigenvalue weighted by Gasteiger charge is -2.35. The number of ether oxygens (including phenoxy) is 1. The van der Waals surface area contributed by atoms with Gasteiger partial charge in [0.25, 0.3) is 13.4 Å². The minimum atomic E-state index is -6.09. The Hall–Kier alpha value is -1.52. The molecule has 0 radical (unpaired) electrons. The highest BCUT2D eigenvalue weighted by molar-refractivity contribution is 7.65. The third kappa shape index (κ3) is 6.08. The van der Waals surface area contributed by atoms with Crippen LogP contribution < -0.4 is 25.6 Å². The predicted molar refractivity (Wildman–Crippen MR) is 95.4 cm³/mol. The van der Waals surface area contributed by atoms with Crippen LogP contribution in [0.3, 0.4) is 0 Å². The van der Waals surface area contributed by atoms with Crippen molar-refractivity contribution in [2.75, 3.05) is 19.0 Å². The summed E-state index contributed by atoms with van der Waals surface area (Å²) in [7, 11) is -16.1. The van der Waals surface area contributed by atoms with Gasteiger partial charge >= 0.3 is 7.82 Å². The fourth-order valence-corrected chi connectivity index (χ4v) is 5.65. The van der Waals surface area contributed by atoms with Gasteiger partial charge in [-0.2, -0.15) is 4.98 Å². The molecule has 1 aliphatic heterocycles. The molecule has 1 fully saturated rings. The van der Waals surface area contributed by atoms with E-state index in [2.05, 4.69) is 33.4 Å². The van der Waals surface area contributed by atoms with Crippen molar-refractivity contribution in [3.8, 4) is 0 Å². The topological polar surface area (TPSA) is 273 Å². The molecular weight excluding hydrogens is 503 g/mol. The van der Waals surface area contributed by atoms with Gasteiger partial charge in [-0.05, 0) is 0 Å². The number of anilines is 1. The summed E-state index contributed by atoms with van der Waals surface area (Å²) in [4.78, 5) is 63.8. The minimum Gasteiger partial charge on any atom is -0.790 e. The summed E-state index contributed by atoms with van der Waals surface area (Å²) in [6.45, 7) is -0.889. The molecule has 3 rings (SSSR count). The average Bonchev–Trinajstić information content (AvgIpc) is 3.20. The zero-order valence-electron chi connectivity index (χ0n) is 15.8. The lowest BCUT2D eigenvalue weighted by Crippen LogP contribution is -2.26. The zero-order chi connectivity index (χ0) is 23.9. The van der Waals surface area contributed by atoms with E-state index in [0.29, 0.717) is 0 Å². The maximum atomic E-state index is 12.0. The second-order valence-corrected chi connectivity index (χ2v) is 10.5. The number of hydrogen-bond donors (Lipinski definition) is 4. The third-order valence-electron chi connectivity index (χ3n) is 3.99. The molecule has 1 aliphatic rings. The number of fused-ring (bicyclic) bond motifs is 1. The van der Waals surface area contributed by atoms with Crippen molar-refractivity contribution in [1.29, 1.82) is 0 Å². The van der Waals surface area contributed by atoms with E-state index in [4.69, 9.17) is 4.74 Å². The molecule has 21 heteroatoms. The Kier molecular flexibility index (Phi) is 7.08. The SMILES string of the molecule is CNc1nc2c(ncn2C2CC(O)C(COP(=O)(O)OP(=O)([O-])OP(=O)([O-])[O-])O2)c(=O)[nH]1. The van der Waals surface area contributed by atoms with Crippen molar-refractivity contribution in [2.24, 2.45) is 0 Å². The van der Waals surface area contributed by atoms with E-state index in [9.17, 15) is 43.2 Å². The largest absolute Gasteiger partial charge is 0.790 e. The molecule has 4 N–H and O–H groups in total. The molecule has 2 aromatic heterocycles. The van der Waals surface area contributed by atoms with E-state index in [0.717, 1.165) is 0 Å². The normalized spacial score (nSPS) is 25.5. The van der Waals surface area contributed by atoms with Gasteiger partial charge in [0.15, 0.2) is 11.2 Å². The molecule has 5 atom stereocenters. The summed E-state index contributed by atoms with van der Waals surface area (Å²) >= 11 is 0. The maximum absolute atomic E-state index is 12.0. The first-order chi connectivity index (χ1) is 14.7. The fraction of sp³-hybridized carbons (Fsp3) is 0.545. The van der Waals surface area contributed by atoms with Crippen LogP contribution in [-0.2, 0) is 31.6 Å². The lowest BCUT2D eigenvalue weighted by molar-refractivity contribution is -0.339. The van der Waals surface area contributed by atoms with Crippen LogP contribution in [0.15, 0.2) is 11.1 Å². The number of imidazole rings is 1. The molecule has 0 aliphatic carbocycles. The van der Waals surface area contributed by atoms with E-state index >= 15 is 0 Å². The quantitative estimate of drug-likeness (QED) is 0.245. The summed E-state index contributed by atoms with van der Waals surface area (Å²) in [6.07, 6.45) is -2.39. The van der Waals surface area contributed by atoms with Gasteiger partial charge in [0, 0.05) is 13.5 Å². The number of phosphoric acid groups is 3. The number of phosphoric ester groups is 1. The first-order valence-electron chi connectivity index (χ1n) is 8.41. The first-order valence-corrected chi connectivity index (χ1v) is 12.8. The number of nitrogens with one attached hydrogen (secondary N) is 2. The molecular formula is C11H15N5O13P3-3. The van der Waals surface area contributed by atoms with E-state index in [1.807, 2.05) is 0 Å². The highest BCUT2D eigenvalue weighted by Crippen LogP contribution is 2.62. The fourth-order valence-electron chi connectivity index (χ4n) is 2.75. The first kappa shape index (κ1) is 25.1. The molecule has 32 heavy (non-hydrogen) atoms. The highest BCUT2D eigenvalue weighted by atomic mass is 31.3. The molecule has 0 spiro atoms. The average molecular weight is 518 g/mol. The minimum absolute atomic E-state index is 0.0183. The predicted octanol–water partition coefficient (Wildman–Crippen LogP) is -2.74. The van der Waals surface area contributed by atoms with Crippen molar-refractivity contribution >= 4 is 40.6 Å². The molecule has 0 bridgehead atoms. The monoisotopic (exact) mass is 518 g/mol. The Labute approximate surface area is 177 Å². The van der Waals surface area contributed by atoms with Crippen LogP contribution in [0.25, 0.3) is 11.2 Å². The van der Waals surface area contributed by atoms with Gasteiger partial charge in [-0.15, -0.1) is 0 Å². The van der Waals surface area contributed by atoms with E-state index in [1.165, 1.54) is 17.9 Å². The molecule has 5 unspecified atom stereocenters. The van der Waals surface area contributed by atoms with Crippen LogP contribution in [0.5, 0.6) is 0 Å². The molecule has 0 aromatic carbocycles. The standard InChI is InChI=1S/C11H18N5O13P3/c1-12-11-14-9-8(10(18)15-11)13-4-16(9)7-2-5(17)6(27-7)3-26-31(22,23)29-32(24,25)28-30(19,20)21/h4-7,17H,2-3H2,1H3,(H,22,23)(H,24,25)(H2,19,20,21)(H2,12,14,15,18)/p-3. The van der Waals surface area contributed by atoms with Gasteiger partial charge < -0.3 is 39.3 Å². The summed E-state index contributed by atoms with van der Waals surface area (Å²) in [5.41, 5.74) is -0.452. The Morgan fingerprint density at radius 3 is 2.66 bits per heavy atom. The van der Waals surface area contributed by atoms with Crippen LogP contribution in [0.2, 0.25) is 0 Å². The maximum Gasteiger partial charge on any atom is 0.478 e. The summed E-state index contributed by atoms with van der Waals surface area (Å²) in [5, 5.41) is 12.8. The van der Waals surface area contributed by atoms with E-state index < -0.39 is 54.1 Å². The third-order valence-corrected chi connectivity index (χ3v) is 7.69. The number of nitrogens with zero attached hydrogens (tertiary/aromatic N) is 3. The number of aromatic amines is 1. The van der Waals surface area contributed by atoms with Crippen LogP contribution in [0.4, 0.5) is 5.95 Å². The van der Waals surface area contributed by atoms with Crippen LogP contribution >= 0.6 is 23.5 Å². The van der Waals surface area contributed by atoms with Gasteiger partial charge in [0.2, 0.25) is 5.95 Å². The number of rotatable bonds is 9. The van der Waals surface area contributed by atoms with Gasteiger partial charge in [-0.3, -0.25) is 27.7 Å². The second-order valence-electron chi connectivity index (χ2n) is 6.24. The van der Waals surface area contributed by atoms with Gasteiger partial charge in [0.1, 0.15) is 12.3 Å². The molecule has 3 heterocycles. The Morgan fingerprint density at radius 1 is 1.34 bits per heavy atom. The van der Waals surface area contributed by atoms with Gasteiger partial charge in [0.05, 0.1) is 26.9 Å². The number of H-pyrrole nitrogens is 1. The number of aliphatic hydroxyl groups excluding tert-OH is 1. The van der Waals surface area contributed by atoms with Crippen LogP contribution in [0, 0.1) is 0 Å². The van der Waals surface area contributed by atoms with Crippen LogP contribution in [0.1, 0.15) is 12.6 Å². The van der Waals surface area contributed by atoms with Crippen molar-refractivity contribution < 1.29 is 56.3 Å². The van der Waals surface area contributed by atoms with Crippen molar-refractivity contribution in [3.05, 3.63) is 16.7 Å². The molecule has 180 valence electrons. The number of aromatic nitrogens is 4. The Morgan fingerprint density at radius 2 is 2.03 bits per heavy atom. The van der Waals surface area contributed by atoms with Crippen LogP contribution in [-0.4, -0.2) is 55.4 Å². The molecule has 2 aromatic rings. The summed E-state index contributed by atoms with van der Waals surface area (Å²) in [5.74, 6) is 0.131. The van der Waals surface area contributed by atoms with E-state index in [1.54, 1.807) is 0 Å². The molecule has 18 nitrogen and oxygen atoms in total. The Bertz CT molecular complexity index is 1190. The zero-order valence-corrected chi connectivity index (χ0v) is 18.5.